The van der Waals surface area contributed by atoms with E-state index in [1.165, 1.54) is 6.07 Å². The van der Waals surface area contributed by atoms with Crippen molar-refractivity contribution in [2.45, 2.75) is 26.2 Å². The first-order chi connectivity index (χ1) is 6.47. The van der Waals surface area contributed by atoms with Crippen LogP contribution < -0.4 is 0 Å². The number of halogens is 1. The molecule has 2 nitrogen and oxygen atoms in total. The van der Waals surface area contributed by atoms with E-state index in [9.17, 15) is 4.39 Å². The molecule has 0 saturated carbocycles. The molecule has 3 heteroatoms. The Hall–Kier alpha value is -1.38. The fraction of sp³-hybridized carbons (Fsp3) is 0.364. The second kappa shape index (κ2) is 2.80. The van der Waals surface area contributed by atoms with Gasteiger partial charge in [0.25, 0.3) is 0 Å². The van der Waals surface area contributed by atoms with Gasteiger partial charge >= 0.3 is 0 Å². The summed E-state index contributed by atoms with van der Waals surface area (Å²) in [6, 6.07) is 3.44. The van der Waals surface area contributed by atoms with Gasteiger partial charge in [-0.1, -0.05) is 20.8 Å². The van der Waals surface area contributed by atoms with Gasteiger partial charge in [-0.05, 0) is 17.0 Å². The summed E-state index contributed by atoms with van der Waals surface area (Å²) >= 11 is 0. The molecule has 0 radical (unpaired) electrons. The molecule has 2 aromatic rings. The van der Waals surface area contributed by atoms with Gasteiger partial charge in [-0.2, -0.15) is 4.39 Å². The van der Waals surface area contributed by atoms with Crippen LogP contribution in [-0.2, 0) is 5.41 Å². The maximum Gasteiger partial charge on any atom is 0.193 e. The minimum Gasteiger partial charge on any atom is -0.316 e. The first-order valence-corrected chi connectivity index (χ1v) is 4.61. The van der Waals surface area contributed by atoms with Gasteiger partial charge in [0.15, 0.2) is 5.95 Å². The molecule has 0 atom stereocenters. The first-order valence-electron chi connectivity index (χ1n) is 4.61. The smallest absolute Gasteiger partial charge is 0.193 e. The molecule has 0 aliphatic carbocycles. The normalized spacial score (nSPS) is 12.3. The molecule has 0 unspecified atom stereocenters. The summed E-state index contributed by atoms with van der Waals surface area (Å²) in [6.07, 6.45) is 1.79. The largest absolute Gasteiger partial charge is 0.316 e. The van der Waals surface area contributed by atoms with E-state index in [4.69, 9.17) is 0 Å². The van der Waals surface area contributed by atoms with Crippen LogP contribution in [0.25, 0.3) is 11.0 Å². The van der Waals surface area contributed by atoms with Crippen LogP contribution >= 0.6 is 0 Å². The molecule has 0 aliphatic rings. The summed E-state index contributed by atoms with van der Waals surface area (Å²) in [6.45, 7) is 6.33. The summed E-state index contributed by atoms with van der Waals surface area (Å²) in [5.74, 6) is -0.335. The molecule has 14 heavy (non-hydrogen) atoms. The van der Waals surface area contributed by atoms with Crippen molar-refractivity contribution in [3.63, 3.8) is 0 Å². The number of hydrogen-bond acceptors (Lipinski definition) is 1. The second-order valence-corrected chi connectivity index (χ2v) is 4.53. The van der Waals surface area contributed by atoms with Gasteiger partial charge in [-0.15, -0.1) is 0 Å². The van der Waals surface area contributed by atoms with E-state index in [1.807, 2.05) is 6.07 Å². The van der Waals surface area contributed by atoms with Gasteiger partial charge in [0.05, 0.1) is 0 Å². The molecule has 0 saturated heterocycles. The predicted molar refractivity (Wildman–Crippen MR) is 54.8 cm³/mol. The summed E-state index contributed by atoms with van der Waals surface area (Å²) in [5.41, 5.74) is 1.77. The third-order valence-electron chi connectivity index (χ3n) is 2.30. The van der Waals surface area contributed by atoms with E-state index in [-0.39, 0.29) is 11.4 Å². The third kappa shape index (κ3) is 1.50. The summed E-state index contributed by atoms with van der Waals surface area (Å²) in [7, 11) is 0. The van der Waals surface area contributed by atoms with Crippen LogP contribution in [0.1, 0.15) is 26.3 Å². The fourth-order valence-electron chi connectivity index (χ4n) is 1.39. The molecule has 74 valence electrons. The molecule has 0 spiro atoms. The quantitative estimate of drug-likeness (QED) is 0.683. The topological polar surface area (TPSA) is 28.7 Å². The van der Waals surface area contributed by atoms with Crippen LogP contribution in [0.15, 0.2) is 18.3 Å². The van der Waals surface area contributed by atoms with Crippen molar-refractivity contribution in [2.24, 2.45) is 0 Å². The first kappa shape index (κ1) is 9.19. The van der Waals surface area contributed by atoms with Crippen molar-refractivity contribution in [3.05, 3.63) is 29.8 Å². The van der Waals surface area contributed by atoms with Crippen molar-refractivity contribution in [3.8, 4) is 0 Å². The van der Waals surface area contributed by atoms with E-state index in [0.717, 1.165) is 10.9 Å². The van der Waals surface area contributed by atoms with Gasteiger partial charge in [0.2, 0.25) is 0 Å². The lowest BCUT2D eigenvalue weighted by Crippen LogP contribution is -2.11. The highest BCUT2D eigenvalue weighted by molar-refractivity contribution is 5.76. The van der Waals surface area contributed by atoms with Crippen LogP contribution in [0.4, 0.5) is 4.39 Å². The fourth-order valence-corrected chi connectivity index (χ4v) is 1.39. The predicted octanol–water partition coefficient (Wildman–Crippen LogP) is 3.00. The number of rotatable bonds is 0. The van der Waals surface area contributed by atoms with E-state index < -0.39 is 0 Å². The minimum absolute atomic E-state index is 0.0505. The Kier molecular flexibility index (Phi) is 1.84. The number of nitrogens with one attached hydrogen (secondary N) is 1. The summed E-state index contributed by atoms with van der Waals surface area (Å²) in [4.78, 5) is 6.73. The Morgan fingerprint density at radius 1 is 1.29 bits per heavy atom. The lowest BCUT2D eigenvalue weighted by Gasteiger charge is -2.17. The van der Waals surface area contributed by atoms with E-state index in [1.54, 1.807) is 6.20 Å². The van der Waals surface area contributed by atoms with E-state index in [2.05, 4.69) is 30.7 Å². The van der Waals surface area contributed by atoms with Crippen molar-refractivity contribution >= 4 is 11.0 Å². The molecule has 2 aromatic heterocycles. The van der Waals surface area contributed by atoms with Crippen LogP contribution in [-0.4, -0.2) is 9.97 Å². The molecule has 0 amide bonds. The molecule has 2 rings (SSSR count). The maximum absolute atomic E-state index is 12.9. The minimum atomic E-state index is -0.335. The zero-order valence-electron chi connectivity index (χ0n) is 8.56. The van der Waals surface area contributed by atoms with Gasteiger partial charge in [-0.3, -0.25) is 0 Å². The van der Waals surface area contributed by atoms with Crippen LogP contribution in [0.2, 0.25) is 0 Å². The highest BCUT2D eigenvalue weighted by Gasteiger charge is 2.15. The molecular weight excluding hydrogens is 179 g/mol. The lowest BCUT2D eigenvalue weighted by molar-refractivity contribution is 0.588. The average molecular weight is 192 g/mol. The number of aromatic nitrogens is 2. The number of aromatic amines is 1. The highest BCUT2D eigenvalue weighted by atomic mass is 19.1. The van der Waals surface area contributed by atoms with Crippen molar-refractivity contribution < 1.29 is 4.39 Å². The van der Waals surface area contributed by atoms with Crippen molar-refractivity contribution in [2.75, 3.05) is 0 Å². The molecule has 0 fully saturated rings. The number of nitrogens with zero attached hydrogens (tertiary/aromatic N) is 1. The number of hydrogen-bond donors (Lipinski definition) is 1. The Morgan fingerprint density at radius 3 is 2.64 bits per heavy atom. The molecule has 2 heterocycles. The van der Waals surface area contributed by atoms with Crippen LogP contribution in [0.3, 0.4) is 0 Å². The van der Waals surface area contributed by atoms with E-state index in [0.29, 0.717) is 5.65 Å². The van der Waals surface area contributed by atoms with E-state index >= 15 is 0 Å². The van der Waals surface area contributed by atoms with Crippen LogP contribution in [0, 0.1) is 5.95 Å². The van der Waals surface area contributed by atoms with Gasteiger partial charge in [0.1, 0.15) is 5.65 Å². The average Bonchev–Trinajstić information content (AvgIpc) is 2.41. The number of pyridine rings is 1. The Balaban J connectivity index is 2.62. The maximum atomic E-state index is 12.9. The highest BCUT2D eigenvalue weighted by Crippen LogP contribution is 2.24. The van der Waals surface area contributed by atoms with Crippen molar-refractivity contribution in [1.82, 2.24) is 9.97 Å². The third-order valence-corrected chi connectivity index (χ3v) is 2.30. The number of fused-ring (bicyclic) bond motifs is 1. The Labute approximate surface area is 82.2 Å². The molecule has 0 aliphatic heterocycles. The Bertz CT molecular complexity index is 466. The lowest BCUT2D eigenvalue weighted by atomic mass is 9.88. The monoisotopic (exact) mass is 192 g/mol. The molecule has 0 bridgehead atoms. The molecule has 1 N–H and O–H groups in total. The van der Waals surface area contributed by atoms with Crippen molar-refractivity contribution in [1.29, 1.82) is 0 Å². The SMILES string of the molecule is CC(C)(C)c1cnc2[nH]c(F)cc2c1. The zero-order chi connectivity index (χ0) is 10.3. The molecular formula is C11H13FN2. The summed E-state index contributed by atoms with van der Waals surface area (Å²) < 4.78 is 12.9. The van der Waals surface area contributed by atoms with Gasteiger partial charge in [-0.25, -0.2) is 4.98 Å². The van der Waals surface area contributed by atoms with Gasteiger partial charge < -0.3 is 4.98 Å². The zero-order valence-corrected chi connectivity index (χ0v) is 8.56. The second-order valence-electron chi connectivity index (χ2n) is 4.53. The van der Waals surface area contributed by atoms with Gasteiger partial charge in [0, 0.05) is 17.6 Å². The summed E-state index contributed by atoms with van der Waals surface area (Å²) in [5, 5.41) is 0.829. The molecule has 0 aromatic carbocycles. The Morgan fingerprint density at radius 2 is 2.00 bits per heavy atom. The number of H-pyrrole nitrogens is 1. The van der Waals surface area contributed by atoms with Crippen LogP contribution in [0.5, 0.6) is 0 Å². The standard InChI is InChI=1S/C11H13FN2/c1-11(2,3)8-4-7-5-9(12)14-10(7)13-6-8/h4-6H,1-3H3,(H,13,14).